The van der Waals surface area contributed by atoms with Gasteiger partial charge < -0.3 is 10.2 Å². The van der Waals surface area contributed by atoms with Gasteiger partial charge in [0.25, 0.3) is 5.69 Å². The van der Waals surface area contributed by atoms with Gasteiger partial charge in [-0.1, -0.05) is 12.1 Å². The summed E-state index contributed by atoms with van der Waals surface area (Å²) in [5, 5.41) is 14.5. The number of hydrogen-bond acceptors (Lipinski definition) is 5. The zero-order valence-corrected chi connectivity index (χ0v) is 14.0. The molecule has 3 rings (SSSR count). The summed E-state index contributed by atoms with van der Waals surface area (Å²) in [6, 6.07) is 10.7. The van der Waals surface area contributed by atoms with Crippen molar-refractivity contribution in [2.45, 2.75) is 32.7 Å². The van der Waals surface area contributed by atoms with Crippen molar-refractivity contribution < 1.29 is 4.92 Å². The Morgan fingerprint density at radius 2 is 2.00 bits per heavy atom. The fourth-order valence-electron chi connectivity index (χ4n) is 3.12. The van der Waals surface area contributed by atoms with E-state index in [-0.39, 0.29) is 10.6 Å². The molecule has 1 aromatic heterocycles. The largest absolute Gasteiger partial charge is 0.382 e. The van der Waals surface area contributed by atoms with Crippen LogP contribution >= 0.6 is 0 Å². The van der Waals surface area contributed by atoms with Crippen LogP contribution in [0.1, 0.15) is 24.0 Å². The van der Waals surface area contributed by atoms with Crippen LogP contribution in [0.25, 0.3) is 0 Å². The molecule has 0 saturated carbocycles. The normalized spacial score (nSPS) is 15.3. The van der Waals surface area contributed by atoms with Gasteiger partial charge in [-0.15, -0.1) is 0 Å². The van der Waals surface area contributed by atoms with E-state index in [1.54, 1.807) is 6.92 Å². The number of rotatable bonds is 4. The van der Waals surface area contributed by atoms with Crippen LogP contribution in [0.4, 0.5) is 17.2 Å². The van der Waals surface area contributed by atoms with Crippen LogP contribution < -0.4 is 10.2 Å². The molecule has 0 amide bonds. The molecule has 0 spiro atoms. The van der Waals surface area contributed by atoms with Crippen molar-refractivity contribution in [1.82, 2.24) is 4.98 Å². The minimum atomic E-state index is -0.385. The number of piperidine rings is 1. The second-order valence-corrected chi connectivity index (χ2v) is 6.36. The topological polar surface area (TPSA) is 71.3 Å². The standard InChI is InChI=1S/C18H22N4O2/c1-13-4-3-5-16(10-13)20-15-6-8-21(9-7-15)18-11-14(2)17(12-19-18)22(23)24/h3-5,10-12,15,20H,6-9H2,1-2H3. The van der Waals surface area contributed by atoms with Crippen LogP contribution in [0.15, 0.2) is 36.5 Å². The number of pyridine rings is 1. The molecule has 0 atom stereocenters. The van der Waals surface area contributed by atoms with Crippen LogP contribution in [0, 0.1) is 24.0 Å². The predicted molar refractivity (Wildman–Crippen MR) is 95.7 cm³/mol. The van der Waals surface area contributed by atoms with Crippen molar-refractivity contribution in [3.8, 4) is 0 Å². The summed E-state index contributed by atoms with van der Waals surface area (Å²) < 4.78 is 0. The zero-order valence-electron chi connectivity index (χ0n) is 14.0. The van der Waals surface area contributed by atoms with Gasteiger partial charge in [0, 0.05) is 30.4 Å². The molecule has 1 fully saturated rings. The van der Waals surface area contributed by atoms with Crippen LogP contribution in [-0.2, 0) is 0 Å². The van der Waals surface area contributed by atoms with E-state index in [0.717, 1.165) is 37.4 Å². The highest BCUT2D eigenvalue weighted by molar-refractivity contribution is 5.50. The van der Waals surface area contributed by atoms with Gasteiger partial charge >= 0.3 is 0 Å². The summed E-state index contributed by atoms with van der Waals surface area (Å²) >= 11 is 0. The fourth-order valence-corrected chi connectivity index (χ4v) is 3.12. The first-order valence-electron chi connectivity index (χ1n) is 8.22. The third-order valence-corrected chi connectivity index (χ3v) is 4.47. The van der Waals surface area contributed by atoms with Crippen molar-refractivity contribution in [1.29, 1.82) is 0 Å². The first-order chi connectivity index (χ1) is 11.5. The van der Waals surface area contributed by atoms with Crippen molar-refractivity contribution in [3.63, 3.8) is 0 Å². The van der Waals surface area contributed by atoms with E-state index in [1.165, 1.54) is 11.8 Å². The van der Waals surface area contributed by atoms with Gasteiger partial charge in [0.15, 0.2) is 0 Å². The van der Waals surface area contributed by atoms with E-state index in [4.69, 9.17) is 0 Å². The Balaban J connectivity index is 1.61. The fraction of sp³-hybridized carbons (Fsp3) is 0.389. The SMILES string of the molecule is Cc1cccc(NC2CCN(c3cc(C)c([N+](=O)[O-])cn3)CC2)c1. The van der Waals surface area contributed by atoms with Crippen molar-refractivity contribution in [2.75, 3.05) is 23.3 Å². The van der Waals surface area contributed by atoms with Gasteiger partial charge in [0.2, 0.25) is 0 Å². The van der Waals surface area contributed by atoms with E-state index in [9.17, 15) is 10.1 Å². The lowest BCUT2D eigenvalue weighted by molar-refractivity contribution is -0.385. The highest BCUT2D eigenvalue weighted by atomic mass is 16.6. The molecular weight excluding hydrogens is 304 g/mol. The average Bonchev–Trinajstić information content (AvgIpc) is 2.55. The smallest absolute Gasteiger partial charge is 0.290 e. The van der Waals surface area contributed by atoms with Crippen molar-refractivity contribution in [3.05, 3.63) is 57.8 Å². The Labute approximate surface area is 141 Å². The summed E-state index contributed by atoms with van der Waals surface area (Å²) in [6.45, 7) is 5.65. The zero-order chi connectivity index (χ0) is 17.1. The Morgan fingerprint density at radius 3 is 2.62 bits per heavy atom. The Hall–Kier alpha value is -2.63. The second-order valence-electron chi connectivity index (χ2n) is 6.36. The Bertz CT molecular complexity index is 740. The van der Waals surface area contributed by atoms with Gasteiger partial charge in [-0.25, -0.2) is 4.98 Å². The van der Waals surface area contributed by atoms with Gasteiger partial charge in [-0.2, -0.15) is 0 Å². The molecule has 0 bridgehead atoms. The number of nitrogens with one attached hydrogen (secondary N) is 1. The van der Waals surface area contributed by atoms with Gasteiger partial charge in [0.1, 0.15) is 12.0 Å². The number of aryl methyl sites for hydroxylation is 2. The van der Waals surface area contributed by atoms with Crippen LogP contribution in [0.2, 0.25) is 0 Å². The summed E-state index contributed by atoms with van der Waals surface area (Å²) in [7, 11) is 0. The minimum absolute atomic E-state index is 0.0785. The maximum absolute atomic E-state index is 10.9. The lowest BCUT2D eigenvalue weighted by Crippen LogP contribution is -2.39. The van der Waals surface area contributed by atoms with Crippen molar-refractivity contribution in [2.24, 2.45) is 0 Å². The third-order valence-electron chi connectivity index (χ3n) is 4.47. The second kappa shape index (κ2) is 6.86. The number of nitro groups is 1. The summed E-state index contributed by atoms with van der Waals surface area (Å²) in [6.07, 6.45) is 3.40. The minimum Gasteiger partial charge on any atom is -0.382 e. The summed E-state index contributed by atoms with van der Waals surface area (Å²) in [4.78, 5) is 17.0. The maximum atomic E-state index is 10.9. The molecule has 1 N–H and O–H groups in total. The molecule has 6 heteroatoms. The molecule has 2 heterocycles. The number of benzene rings is 1. The third kappa shape index (κ3) is 3.64. The lowest BCUT2D eigenvalue weighted by atomic mass is 10.0. The molecule has 6 nitrogen and oxygen atoms in total. The van der Waals surface area contributed by atoms with E-state index < -0.39 is 0 Å². The summed E-state index contributed by atoms with van der Waals surface area (Å²) in [5.74, 6) is 0.826. The van der Waals surface area contributed by atoms with Crippen LogP contribution in [-0.4, -0.2) is 29.0 Å². The first kappa shape index (κ1) is 16.2. The average molecular weight is 326 g/mol. The maximum Gasteiger partial charge on any atom is 0.290 e. The quantitative estimate of drug-likeness (QED) is 0.685. The molecule has 2 aromatic rings. The molecule has 0 unspecified atom stereocenters. The molecule has 0 radical (unpaired) electrons. The number of nitrogens with zero attached hydrogens (tertiary/aromatic N) is 3. The molecule has 24 heavy (non-hydrogen) atoms. The molecular formula is C18H22N4O2. The number of hydrogen-bond donors (Lipinski definition) is 1. The van der Waals surface area contributed by atoms with E-state index in [1.807, 2.05) is 6.07 Å². The highest BCUT2D eigenvalue weighted by Gasteiger charge is 2.21. The van der Waals surface area contributed by atoms with Gasteiger partial charge in [0.05, 0.1) is 4.92 Å². The van der Waals surface area contributed by atoms with Crippen molar-refractivity contribution >= 4 is 17.2 Å². The van der Waals surface area contributed by atoms with E-state index in [2.05, 4.69) is 46.4 Å². The predicted octanol–water partition coefficient (Wildman–Crippen LogP) is 3.69. The van der Waals surface area contributed by atoms with Crippen LogP contribution in [0.5, 0.6) is 0 Å². The van der Waals surface area contributed by atoms with Gasteiger partial charge in [-0.3, -0.25) is 10.1 Å². The molecule has 1 aliphatic rings. The lowest BCUT2D eigenvalue weighted by Gasteiger charge is -2.33. The molecule has 126 valence electrons. The number of anilines is 2. The monoisotopic (exact) mass is 326 g/mol. The highest BCUT2D eigenvalue weighted by Crippen LogP contribution is 2.25. The summed E-state index contributed by atoms with van der Waals surface area (Å²) in [5.41, 5.74) is 3.15. The molecule has 1 aromatic carbocycles. The first-order valence-corrected chi connectivity index (χ1v) is 8.22. The van der Waals surface area contributed by atoms with Gasteiger partial charge in [-0.05, 0) is 50.5 Å². The Morgan fingerprint density at radius 1 is 1.25 bits per heavy atom. The Kier molecular flexibility index (Phi) is 4.64. The molecule has 1 saturated heterocycles. The number of aromatic nitrogens is 1. The van der Waals surface area contributed by atoms with E-state index >= 15 is 0 Å². The van der Waals surface area contributed by atoms with Crippen LogP contribution in [0.3, 0.4) is 0 Å². The molecule has 1 aliphatic heterocycles. The molecule has 0 aliphatic carbocycles. The van der Waals surface area contributed by atoms with E-state index in [0.29, 0.717) is 11.6 Å².